The van der Waals surface area contributed by atoms with Crippen LogP contribution in [0, 0.1) is 11.8 Å². The molecule has 3 aliphatic rings. The van der Waals surface area contributed by atoms with Crippen LogP contribution in [0.4, 0.5) is 0 Å². The van der Waals surface area contributed by atoms with Gasteiger partial charge in [0.25, 0.3) is 5.91 Å². The van der Waals surface area contributed by atoms with Gasteiger partial charge in [0.2, 0.25) is 0 Å². The lowest BCUT2D eigenvalue weighted by Gasteiger charge is -2.28. The molecule has 26 heavy (non-hydrogen) atoms. The molecular weight excluding hydrogens is 348 g/mol. The van der Waals surface area contributed by atoms with Crippen LogP contribution in [0.3, 0.4) is 0 Å². The maximum atomic E-state index is 13.3. The minimum absolute atomic E-state index is 0. The molecule has 3 fully saturated rings. The first-order valence-corrected chi connectivity index (χ1v) is 10.0. The summed E-state index contributed by atoms with van der Waals surface area (Å²) in [6.45, 7) is 3.98. The topological polar surface area (TPSA) is 41.6 Å². The summed E-state index contributed by atoms with van der Waals surface area (Å²) in [5.74, 6) is 1.65. The van der Waals surface area contributed by atoms with Crippen molar-refractivity contribution in [3.8, 4) is 0 Å². The molecule has 2 aliphatic heterocycles. The molecule has 5 heteroatoms. The van der Waals surface area contributed by atoms with Gasteiger partial charge in [-0.1, -0.05) is 43.2 Å². The van der Waals surface area contributed by atoms with Crippen LogP contribution in [-0.2, 0) is 9.53 Å². The molecule has 1 aliphatic carbocycles. The Balaban J connectivity index is 0.00000196. The normalized spacial score (nSPS) is 27.5. The largest absolute Gasteiger partial charge is 0.360 e. The van der Waals surface area contributed by atoms with E-state index in [1.807, 2.05) is 30.3 Å². The molecule has 4 nitrogen and oxygen atoms in total. The molecule has 144 valence electrons. The third-order valence-corrected chi connectivity index (χ3v) is 6.29. The molecule has 3 atom stereocenters. The van der Waals surface area contributed by atoms with Gasteiger partial charge in [0.05, 0.1) is 6.10 Å². The highest BCUT2D eigenvalue weighted by Crippen LogP contribution is 2.32. The minimum Gasteiger partial charge on any atom is -0.360 e. The molecule has 0 aromatic heterocycles. The highest BCUT2D eigenvalue weighted by Gasteiger charge is 2.35. The summed E-state index contributed by atoms with van der Waals surface area (Å²) < 4.78 is 6.34. The number of nitrogens with one attached hydrogen (secondary N) is 1. The lowest BCUT2D eigenvalue weighted by atomic mass is 9.92. The third-order valence-electron chi connectivity index (χ3n) is 6.29. The minimum atomic E-state index is -0.430. The molecule has 2 saturated heterocycles. The Morgan fingerprint density at radius 2 is 1.62 bits per heavy atom. The molecule has 1 saturated carbocycles. The summed E-state index contributed by atoms with van der Waals surface area (Å²) in [5, 5.41) is 3.50. The van der Waals surface area contributed by atoms with Gasteiger partial charge < -0.3 is 15.0 Å². The summed E-state index contributed by atoms with van der Waals surface area (Å²) in [6.07, 6.45) is 6.67. The fourth-order valence-electron chi connectivity index (χ4n) is 4.73. The second-order valence-electron chi connectivity index (χ2n) is 7.91. The van der Waals surface area contributed by atoms with Crippen LogP contribution >= 0.6 is 12.4 Å². The zero-order valence-corrected chi connectivity index (χ0v) is 16.3. The predicted molar refractivity (Wildman–Crippen MR) is 105 cm³/mol. The van der Waals surface area contributed by atoms with Crippen molar-refractivity contribution in [2.75, 3.05) is 26.2 Å². The first-order chi connectivity index (χ1) is 12.3. The van der Waals surface area contributed by atoms with Gasteiger partial charge >= 0.3 is 0 Å². The predicted octanol–water partition coefficient (Wildman–Crippen LogP) is 3.57. The SMILES string of the molecule is Cl.O=C(C(OC1CCCC1)c1ccccc1)N1CC[C@@H]2CNC[C@@H]2CC1. The van der Waals surface area contributed by atoms with Crippen LogP contribution in [-0.4, -0.2) is 43.1 Å². The fourth-order valence-corrected chi connectivity index (χ4v) is 4.73. The zero-order chi connectivity index (χ0) is 17.1. The maximum Gasteiger partial charge on any atom is 0.256 e. The van der Waals surface area contributed by atoms with Crippen LogP contribution in [0.5, 0.6) is 0 Å². The number of ether oxygens (including phenoxy) is 1. The number of fused-ring (bicyclic) bond motifs is 1. The van der Waals surface area contributed by atoms with Gasteiger partial charge in [-0.05, 0) is 56.2 Å². The van der Waals surface area contributed by atoms with Gasteiger partial charge in [0.1, 0.15) is 0 Å². The van der Waals surface area contributed by atoms with E-state index >= 15 is 0 Å². The molecule has 1 unspecified atom stereocenters. The Labute approximate surface area is 163 Å². The maximum absolute atomic E-state index is 13.3. The Hall–Kier alpha value is -1.10. The molecule has 0 radical (unpaired) electrons. The number of benzene rings is 1. The second kappa shape index (κ2) is 9.20. The van der Waals surface area contributed by atoms with E-state index in [0.717, 1.165) is 69.3 Å². The molecule has 0 bridgehead atoms. The van der Waals surface area contributed by atoms with E-state index < -0.39 is 6.10 Å². The lowest BCUT2D eigenvalue weighted by Crippen LogP contribution is -2.38. The van der Waals surface area contributed by atoms with Gasteiger partial charge in [-0.15, -0.1) is 12.4 Å². The molecular formula is C21H31ClN2O2. The molecule has 4 rings (SSSR count). The highest BCUT2D eigenvalue weighted by molar-refractivity contribution is 5.85. The monoisotopic (exact) mass is 378 g/mol. The standard InChI is InChI=1S/C21H30N2O2.ClH/c24-21(23-12-10-17-14-22-15-18(17)11-13-23)20(16-6-2-1-3-7-16)25-19-8-4-5-9-19;/h1-3,6-7,17-20,22H,4-5,8-15H2;1H/t17-,18+,20?;. The van der Waals surface area contributed by atoms with Gasteiger partial charge in [-0.2, -0.15) is 0 Å². The fraction of sp³-hybridized carbons (Fsp3) is 0.667. The van der Waals surface area contributed by atoms with E-state index in [2.05, 4.69) is 10.2 Å². The second-order valence-corrected chi connectivity index (χ2v) is 7.91. The Bertz CT molecular complexity index is 563. The number of nitrogens with zero attached hydrogens (tertiary/aromatic N) is 1. The van der Waals surface area contributed by atoms with E-state index in [1.165, 1.54) is 12.8 Å². The summed E-state index contributed by atoms with van der Waals surface area (Å²) in [7, 11) is 0. The molecule has 1 aromatic carbocycles. The summed E-state index contributed by atoms with van der Waals surface area (Å²) in [6, 6.07) is 10.1. The van der Waals surface area contributed by atoms with Gasteiger partial charge in [-0.25, -0.2) is 0 Å². The van der Waals surface area contributed by atoms with Crippen molar-refractivity contribution in [3.05, 3.63) is 35.9 Å². The van der Waals surface area contributed by atoms with Gasteiger partial charge in [0.15, 0.2) is 6.10 Å². The van der Waals surface area contributed by atoms with Crippen molar-refractivity contribution in [2.45, 2.75) is 50.7 Å². The van der Waals surface area contributed by atoms with Crippen molar-refractivity contribution in [2.24, 2.45) is 11.8 Å². The number of rotatable bonds is 4. The molecule has 0 spiro atoms. The highest BCUT2D eigenvalue weighted by atomic mass is 35.5. The van der Waals surface area contributed by atoms with Crippen LogP contribution in [0.25, 0.3) is 0 Å². The van der Waals surface area contributed by atoms with Crippen molar-refractivity contribution >= 4 is 18.3 Å². The number of amides is 1. The number of likely N-dealkylation sites (tertiary alicyclic amines) is 1. The molecule has 1 N–H and O–H groups in total. The van der Waals surface area contributed by atoms with Crippen molar-refractivity contribution in [3.63, 3.8) is 0 Å². The van der Waals surface area contributed by atoms with Gasteiger partial charge in [-0.3, -0.25) is 4.79 Å². The Morgan fingerprint density at radius 1 is 1.00 bits per heavy atom. The Kier molecular flexibility index (Phi) is 6.96. The quantitative estimate of drug-likeness (QED) is 0.870. The summed E-state index contributed by atoms with van der Waals surface area (Å²) in [5.41, 5.74) is 1.01. The van der Waals surface area contributed by atoms with Crippen LogP contribution < -0.4 is 5.32 Å². The van der Waals surface area contributed by atoms with E-state index in [-0.39, 0.29) is 24.4 Å². The molecule has 1 aromatic rings. The first-order valence-electron chi connectivity index (χ1n) is 10.0. The average Bonchev–Trinajstić information content (AvgIpc) is 3.28. The van der Waals surface area contributed by atoms with Crippen LogP contribution in [0.15, 0.2) is 30.3 Å². The number of hydrogen-bond donors (Lipinski definition) is 1. The van der Waals surface area contributed by atoms with E-state index in [9.17, 15) is 4.79 Å². The summed E-state index contributed by atoms with van der Waals surface area (Å²) in [4.78, 5) is 15.4. The molecule has 1 amide bonds. The van der Waals surface area contributed by atoms with E-state index in [4.69, 9.17) is 4.74 Å². The molecule has 2 heterocycles. The van der Waals surface area contributed by atoms with Crippen LogP contribution in [0.2, 0.25) is 0 Å². The van der Waals surface area contributed by atoms with Crippen molar-refractivity contribution in [1.82, 2.24) is 10.2 Å². The van der Waals surface area contributed by atoms with Gasteiger partial charge in [0, 0.05) is 13.1 Å². The van der Waals surface area contributed by atoms with Crippen molar-refractivity contribution in [1.29, 1.82) is 0 Å². The number of hydrogen-bond acceptors (Lipinski definition) is 3. The zero-order valence-electron chi connectivity index (χ0n) is 15.4. The average molecular weight is 379 g/mol. The van der Waals surface area contributed by atoms with E-state index in [1.54, 1.807) is 0 Å². The third kappa shape index (κ3) is 4.41. The first kappa shape index (κ1) is 19.7. The number of halogens is 1. The smallest absolute Gasteiger partial charge is 0.256 e. The van der Waals surface area contributed by atoms with E-state index in [0.29, 0.717) is 0 Å². The number of carbonyl (C=O) groups is 1. The van der Waals surface area contributed by atoms with Crippen molar-refractivity contribution < 1.29 is 9.53 Å². The lowest BCUT2D eigenvalue weighted by molar-refractivity contribution is -0.148. The summed E-state index contributed by atoms with van der Waals surface area (Å²) >= 11 is 0. The Morgan fingerprint density at radius 3 is 2.23 bits per heavy atom. The number of carbonyl (C=O) groups excluding carboxylic acids is 1. The van der Waals surface area contributed by atoms with Crippen LogP contribution in [0.1, 0.15) is 50.2 Å².